The Labute approximate surface area is 177 Å². The highest BCUT2D eigenvalue weighted by atomic mass is 19.1. The molecule has 1 aliphatic carbocycles. The average Bonchev–Trinajstić information content (AvgIpc) is 3.61. The van der Waals surface area contributed by atoms with Gasteiger partial charge in [0, 0.05) is 31.9 Å². The molecule has 0 spiro atoms. The number of rotatable bonds is 8. The van der Waals surface area contributed by atoms with Crippen LogP contribution >= 0.6 is 0 Å². The summed E-state index contributed by atoms with van der Waals surface area (Å²) in [4.78, 5) is 14.1. The smallest absolute Gasteiger partial charge is 0.321 e. The van der Waals surface area contributed by atoms with Crippen LogP contribution in [0.3, 0.4) is 0 Å². The standard InChI is InChI=1S/C24H30FN3O2/c25-23-21(19-9-10-19)5-3-6-22(23)30-17-2-1-4-18-7-11-20(12-8-18)27-24(29)28-15-13-26-14-16-28/h3,5-8,11-12,19,26H,1-2,4,9-10,13-17H2,(H,27,29). The highest BCUT2D eigenvalue weighted by Gasteiger charge is 2.27. The van der Waals surface area contributed by atoms with E-state index in [9.17, 15) is 9.18 Å². The van der Waals surface area contributed by atoms with Crippen LogP contribution in [0, 0.1) is 5.82 Å². The highest BCUT2D eigenvalue weighted by molar-refractivity contribution is 5.89. The first-order valence-corrected chi connectivity index (χ1v) is 11.0. The minimum Gasteiger partial charge on any atom is -0.491 e. The monoisotopic (exact) mass is 411 g/mol. The minimum atomic E-state index is -0.182. The lowest BCUT2D eigenvalue weighted by molar-refractivity contribution is 0.204. The summed E-state index contributed by atoms with van der Waals surface area (Å²) in [5, 5.41) is 6.20. The Kier molecular flexibility index (Phi) is 6.84. The molecule has 2 aromatic rings. The van der Waals surface area contributed by atoms with E-state index < -0.39 is 0 Å². The van der Waals surface area contributed by atoms with Gasteiger partial charge in [0.2, 0.25) is 0 Å². The summed E-state index contributed by atoms with van der Waals surface area (Å²) < 4.78 is 20.1. The molecule has 4 rings (SSSR count). The zero-order chi connectivity index (χ0) is 20.8. The third kappa shape index (κ3) is 5.51. The van der Waals surface area contributed by atoms with Crippen molar-refractivity contribution in [2.45, 2.75) is 38.0 Å². The van der Waals surface area contributed by atoms with Gasteiger partial charge in [0.25, 0.3) is 0 Å². The van der Waals surface area contributed by atoms with Crippen LogP contribution in [0.25, 0.3) is 0 Å². The first-order chi connectivity index (χ1) is 14.7. The van der Waals surface area contributed by atoms with Gasteiger partial charge in [-0.05, 0) is 67.3 Å². The van der Waals surface area contributed by atoms with Gasteiger partial charge >= 0.3 is 6.03 Å². The molecule has 0 aromatic heterocycles. The quantitative estimate of drug-likeness (QED) is 0.627. The van der Waals surface area contributed by atoms with Crippen LogP contribution in [0.1, 0.15) is 42.7 Å². The summed E-state index contributed by atoms with van der Waals surface area (Å²) in [6.07, 6.45) is 4.93. The fraction of sp³-hybridized carbons (Fsp3) is 0.458. The summed E-state index contributed by atoms with van der Waals surface area (Å²) >= 11 is 0. The van der Waals surface area contributed by atoms with E-state index in [1.54, 1.807) is 6.07 Å². The molecule has 5 nitrogen and oxygen atoms in total. The number of anilines is 1. The third-order valence-corrected chi connectivity index (χ3v) is 5.74. The number of benzene rings is 2. The van der Waals surface area contributed by atoms with E-state index in [1.807, 2.05) is 41.3 Å². The summed E-state index contributed by atoms with van der Waals surface area (Å²) in [5.41, 5.74) is 2.84. The Morgan fingerprint density at radius 2 is 1.87 bits per heavy atom. The molecular weight excluding hydrogens is 381 g/mol. The van der Waals surface area contributed by atoms with Crippen molar-refractivity contribution in [2.75, 3.05) is 38.1 Å². The maximum Gasteiger partial charge on any atom is 0.321 e. The summed E-state index contributed by atoms with van der Waals surface area (Å²) in [5.74, 6) is 0.584. The molecule has 2 N–H and O–H groups in total. The normalized spacial score (nSPS) is 16.4. The molecule has 2 amide bonds. The summed E-state index contributed by atoms with van der Waals surface area (Å²) in [6, 6.07) is 13.4. The number of nitrogens with zero attached hydrogens (tertiary/aromatic N) is 1. The fourth-order valence-electron chi connectivity index (χ4n) is 3.79. The second kappa shape index (κ2) is 9.94. The second-order valence-electron chi connectivity index (χ2n) is 8.10. The molecule has 0 radical (unpaired) electrons. The van der Waals surface area contributed by atoms with Crippen molar-refractivity contribution in [2.24, 2.45) is 0 Å². The van der Waals surface area contributed by atoms with E-state index in [0.717, 1.165) is 69.5 Å². The molecule has 1 heterocycles. The van der Waals surface area contributed by atoms with E-state index in [2.05, 4.69) is 10.6 Å². The van der Waals surface area contributed by atoms with Gasteiger partial charge in [0.1, 0.15) is 0 Å². The number of halogens is 1. The largest absolute Gasteiger partial charge is 0.491 e. The van der Waals surface area contributed by atoms with Crippen molar-refractivity contribution < 1.29 is 13.9 Å². The topological polar surface area (TPSA) is 53.6 Å². The first-order valence-electron chi connectivity index (χ1n) is 11.0. The fourth-order valence-corrected chi connectivity index (χ4v) is 3.79. The van der Waals surface area contributed by atoms with Crippen molar-refractivity contribution in [1.82, 2.24) is 10.2 Å². The Morgan fingerprint density at radius 1 is 1.10 bits per heavy atom. The maximum absolute atomic E-state index is 14.4. The van der Waals surface area contributed by atoms with Gasteiger partial charge in [-0.25, -0.2) is 9.18 Å². The number of carbonyl (C=O) groups excluding carboxylic acids is 1. The van der Waals surface area contributed by atoms with Crippen LogP contribution in [-0.2, 0) is 6.42 Å². The van der Waals surface area contributed by atoms with Gasteiger partial charge in [-0.3, -0.25) is 0 Å². The molecule has 0 bridgehead atoms. The number of hydrogen-bond donors (Lipinski definition) is 2. The zero-order valence-corrected chi connectivity index (χ0v) is 17.3. The Hall–Kier alpha value is -2.60. The minimum absolute atomic E-state index is 0.0422. The van der Waals surface area contributed by atoms with Gasteiger partial charge in [-0.15, -0.1) is 0 Å². The van der Waals surface area contributed by atoms with Crippen molar-refractivity contribution >= 4 is 11.7 Å². The molecule has 1 saturated carbocycles. The van der Waals surface area contributed by atoms with Gasteiger partial charge in [-0.2, -0.15) is 0 Å². The van der Waals surface area contributed by atoms with Gasteiger partial charge in [-0.1, -0.05) is 24.3 Å². The number of ether oxygens (including phenoxy) is 1. The van der Waals surface area contributed by atoms with E-state index in [4.69, 9.17) is 4.74 Å². The van der Waals surface area contributed by atoms with Crippen LogP contribution in [0.4, 0.5) is 14.9 Å². The lowest BCUT2D eigenvalue weighted by Gasteiger charge is -2.27. The lowest BCUT2D eigenvalue weighted by Crippen LogP contribution is -2.48. The number of carbonyl (C=O) groups is 1. The number of piperazine rings is 1. The Balaban J connectivity index is 1.17. The molecular formula is C24H30FN3O2. The molecule has 0 atom stereocenters. The van der Waals surface area contributed by atoms with E-state index in [0.29, 0.717) is 18.3 Å². The predicted octanol–water partition coefficient (Wildman–Crippen LogP) is 4.54. The molecule has 1 saturated heterocycles. The molecule has 6 heteroatoms. The number of nitrogens with one attached hydrogen (secondary N) is 2. The molecule has 30 heavy (non-hydrogen) atoms. The van der Waals surface area contributed by atoms with Crippen molar-refractivity contribution in [1.29, 1.82) is 0 Å². The molecule has 2 aromatic carbocycles. The summed E-state index contributed by atoms with van der Waals surface area (Å²) in [6.45, 7) is 3.68. The van der Waals surface area contributed by atoms with Crippen LogP contribution in [0.2, 0.25) is 0 Å². The van der Waals surface area contributed by atoms with Crippen LogP contribution in [0.15, 0.2) is 42.5 Å². The number of hydrogen-bond acceptors (Lipinski definition) is 3. The SMILES string of the molecule is O=C(Nc1ccc(CCCCOc2cccc(C3CC3)c2F)cc1)N1CCNCC1. The predicted molar refractivity (Wildman–Crippen MR) is 117 cm³/mol. The highest BCUT2D eigenvalue weighted by Crippen LogP contribution is 2.42. The maximum atomic E-state index is 14.4. The molecule has 2 aliphatic rings. The number of unbranched alkanes of at least 4 members (excludes halogenated alkanes) is 1. The molecule has 0 unspecified atom stereocenters. The molecule has 160 valence electrons. The second-order valence-corrected chi connectivity index (χ2v) is 8.10. The molecule has 1 aliphatic heterocycles. The van der Waals surface area contributed by atoms with Crippen LogP contribution < -0.4 is 15.4 Å². The van der Waals surface area contributed by atoms with E-state index >= 15 is 0 Å². The molecule has 2 fully saturated rings. The van der Waals surface area contributed by atoms with Crippen molar-refractivity contribution in [3.05, 3.63) is 59.4 Å². The Morgan fingerprint density at radius 3 is 2.60 bits per heavy atom. The van der Waals surface area contributed by atoms with E-state index in [-0.39, 0.29) is 11.8 Å². The van der Waals surface area contributed by atoms with E-state index in [1.165, 1.54) is 5.56 Å². The number of urea groups is 1. The Bertz CT molecular complexity index is 846. The van der Waals surface area contributed by atoms with Crippen LogP contribution in [-0.4, -0.2) is 43.7 Å². The van der Waals surface area contributed by atoms with Crippen molar-refractivity contribution in [3.63, 3.8) is 0 Å². The average molecular weight is 412 g/mol. The van der Waals surface area contributed by atoms with Gasteiger partial charge < -0.3 is 20.3 Å². The lowest BCUT2D eigenvalue weighted by atomic mass is 10.1. The van der Waals surface area contributed by atoms with Crippen molar-refractivity contribution in [3.8, 4) is 5.75 Å². The third-order valence-electron chi connectivity index (χ3n) is 5.74. The van der Waals surface area contributed by atoms with Gasteiger partial charge in [0.15, 0.2) is 11.6 Å². The summed E-state index contributed by atoms with van der Waals surface area (Å²) in [7, 11) is 0. The zero-order valence-electron chi connectivity index (χ0n) is 17.3. The van der Waals surface area contributed by atoms with Crippen LogP contribution in [0.5, 0.6) is 5.75 Å². The number of amides is 2. The first kappa shape index (κ1) is 20.7. The van der Waals surface area contributed by atoms with Gasteiger partial charge in [0.05, 0.1) is 6.61 Å². The number of aryl methyl sites for hydroxylation is 1.